The predicted molar refractivity (Wildman–Crippen MR) is 49.9 cm³/mol. The lowest BCUT2D eigenvalue weighted by atomic mass is 9.91. The molecule has 0 aromatic heterocycles. The van der Waals surface area contributed by atoms with Crippen molar-refractivity contribution in [2.75, 3.05) is 0 Å². The van der Waals surface area contributed by atoms with Gasteiger partial charge in [-0.05, 0) is 24.7 Å². The van der Waals surface area contributed by atoms with Crippen LogP contribution >= 0.6 is 0 Å². The van der Waals surface area contributed by atoms with Gasteiger partial charge in [-0.2, -0.15) is 0 Å². The van der Waals surface area contributed by atoms with Crippen molar-refractivity contribution in [1.82, 2.24) is 0 Å². The van der Waals surface area contributed by atoms with Gasteiger partial charge in [0.25, 0.3) is 0 Å². The standard InChI is InChI=1S/C11H16O/c1-3-8-6-5-7-9(8)11-10(4-2)12-11/h3-4,8-11H,1-2,5-7H2. The van der Waals surface area contributed by atoms with E-state index in [2.05, 4.69) is 19.2 Å². The van der Waals surface area contributed by atoms with Crippen LogP contribution in [0.3, 0.4) is 0 Å². The summed E-state index contributed by atoms with van der Waals surface area (Å²) in [6, 6.07) is 0. The van der Waals surface area contributed by atoms with Crippen LogP contribution in [0.2, 0.25) is 0 Å². The zero-order valence-electron chi connectivity index (χ0n) is 7.41. The third-order valence-electron chi connectivity index (χ3n) is 3.14. The Morgan fingerprint density at radius 2 is 2.00 bits per heavy atom. The molecule has 0 aromatic rings. The van der Waals surface area contributed by atoms with Gasteiger partial charge < -0.3 is 4.74 Å². The normalized spacial score (nSPS) is 45.7. The molecule has 1 heterocycles. The number of ether oxygens (including phenoxy) is 1. The summed E-state index contributed by atoms with van der Waals surface area (Å²) < 4.78 is 5.52. The molecule has 1 aliphatic heterocycles. The van der Waals surface area contributed by atoms with Gasteiger partial charge in [0.15, 0.2) is 0 Å². The lowest BCUT2D eigenvalue weighted by molar-refractivity contribution is 0.299. The first-order valence-electron chi connectivity index (χ1n) is 4.77. The molecule has 1 saturated heterocycles. The first kappa shape index (κ1) is 8.06. The van der Waals surface area contributed by atoms with E-state index in [9.17, 15) is 0 Å². The van der Waals surface area contributed by atoms with E-state index < -0.39 is 0 Å². The summed E-state index contributed by atoms with van der Waals surface area (Å²) in [5, 5.41) is 0. The minimum absolute atomic E-state index is 0.343. The highest BCUT2D eigenvalue weighted by Gasteiger charge is 2.46. The van der Waals surface area contributed by atoms with Gasteiger partial charge in [-0.1, -0.05) is 18.6 Å². The fourth-order valence-electron chi connectivity index (χ4n) is 2.39. The summed E-state index contributed by atoms with van der Waals surface area (Å²) >= 11 is 0. The molecule has 4 unspecified atom stereocenters. The molecule has 0 N–H and O–H groups in total. The molecule has 0 amide bonds. The number of hydrogen-bond acceptors (Lipinski definition) is 1. The zero-order valence-corrected chi connectivity index (χ0v) is 7.41. The second kappa shape index (κ2) is 3.06. The molecule has 2 rings (SSSR count). The van der Waals surface area contributed by atoms with E-state index in [0.717, 1.165) is 5.92 Å². The fourth-order valence-corrected chi connectivity index (χ4v) is 2.39. The first-order valence-corrected chi connectivity index (χ1v) is 4.77. The molecule has 1 heteroatoms. The van der Waals surface area contributed by atoms with Crippen molar-refractivity contribution in [3.05, 3.63) is 25.3 Å². The Bertz CT molecular complexity index is 197. The summed E-state index contributed by atoms with van der Waals surface area (Å²) in [5.41, 5.74) is 0. The van der Waals surface area contributed by atoms with Gasteiger partial charge >= 0.3 is 0 Å². The van der Waals surface area contributed by atoms with Crippen molar-refractivity contribution >= 4 is 0 Å². The van der Waals surface area contributed by atoms with E-state index in [1.54, 1.807) is 0 Å². The quantitative estimate of drug-likeness (QED) is 0.461. The van der Waals surface area contributed by atoms with Crippen molar-refractivity contribution < 1.29 is 4.74 Å². The Labute approximate surface area is 74.1 Å². The van der Waals surface area contributed by atoms with Gasteiger partial charge in [0.1, 0.15) is 6.10 Å². The second-order valence-corrected chi connectivity index (χ2v) is 3.80. The maximum atomic E-state index is 5.52. The zero-order chi connectivity index (χ0) is 8.55. The molecule has 1 saturated carbocycles. The molecule has 0 radical (unpaired) electrons. The number of rotatable bonds is 3. The molecule has 0 aromatic carbocycles. The summed E-state index contributed by atoms with van der Waals surface area (Å²) in [7, 11) is 0. The van der Waals surface area contributed by atoms with E-state index in [1.165, 1.54) is 19.3 Å². The SMILES string of the molecule is C=CC1CCCC1C1OC1C=C. The van der Waals surface area contributed by atoms with Crippen LogP contribution in [0.1, 0.15) is 19.3 Å². The monoisotopic (exact) mass is 164 g/mol. The Morgan fingerprint density at radius 1 is 1.17 bits per heavy atom. The van der Waals surface area contributed by atoms with E-state index in [1.807, 2.05) is 6.08 Å². The molecular formula is C11H16O. The third-order valence-corrected chi connectivity index (χ3v) is 3.14. The highest BCUT2D eigenvalue weighted by atomic mass is 16.6. The van der Waals surface area contributed by atoms with Crippen LogP contribution in [0.4, 0.5) is 0 Å². The van der Waals surface area contributed by atoms with Crippen molar-refractivity contribution in [2.24, 2.45) is 11.8 Å². The van der Waals surface area contributed by atoms with Crippen LogP contribution in [0.15, 0.2) is 25.3 Å². The lowest BCUT2D eigenvalue weighted by Crippen LogP contribution is -2.13. The summed E-state index contributed by atoms with van der Waals surface area (Å²) in [5.74, 6) is 1.42. The topological polar surface area (TPSA) is 12.5 Å². The Kier molecular flexibility index (Phi) is 2.05. The molecule has 1 aliphatic carbocycles. The third kappa shape index (κ3) is 1.22. The number of allylic oxidation sites excluding steroid dienone is 1. The van der Waals surface area contributed by atoms with Crippen molar-refractivity contribution in [3.63, 3.8) is 0 Å². The Morgan fingerprint density at radius 3 is 2.58 bits per heavy atom. The van der Waals surface area contributed by atoms with Crippen LogP contribution in [-0.2, 0) is 4.74 Å². The Hall–Kier alpha value is -0.560. The Balaban J connectivity index is 1.95. The lowest BCUT2D eigenvalue weighted by Gasteiger charge is -2.12. The number of epoxide rings is 1. The van der Waals surface area contributed by atoms with Gasteiger partial charge in [0, 0.05) is 0 Å². The molecular weight excluding hydrogens is 148 g/mol. The highest BCUT2D eigenvalue weighted by Crippen LogP contribution is 2.43. The summed E-state index contributed by atoms with van der Waals surface area (Å²) in [4.78, 5) is 0. The van der Waals surface area contributed by atoms with Crippen LogP contribution in [-0.4, -0.2) is 12.2 Å². The average molecular weight is 164 g/mol. The minimum atomic E-state index is 0.343. The van der Waals surface area contributed by atoms with Crippen LogP contribution in [0.5, 0.6) is 0 Å². The maximum absolute atomic E-state index is 5.52. The van der Waals surface area contributed by atoms with Gasteiger partial charge in [-0.15, -0.1) is 13.2 Å². The van der Waals surface area contributed by atoms with Crippen molar-refractivity contribution in [3.8, 4) is 0 Å². The average Bonchev–Trinajstić information content (AvgIpc) is 2.74. The van der Waals surface area contributed by atoms with E-state index >= 15 is 0 Å². The molecule has 4 atom stereocenters. The largest absolute Gasteiger partial charge is 0.365 e. The first-order chi connectivity index (χ1) is 5.86. The van der Waals surface area contributed by atoms with Crippen molar-refractivity contribution in [2.45, 2.75) is 31.5 Å². The van der Waals surface area contributed by atoms with Crippen molar-refractivity contribution in [1.29, 1.82) is 0 Å². The molecule has 0 spiro atoms. The van der Waals surface area contributed by atoms with Gasteiger partial charge in [0.2, 0.25) is 0 Å². The van der Waals surface area contributed by atoms with Crippen LogP contribution < -0.4 is 0 Å². The molecule has 0 bridgehead atoms. The highest BCUT2D eigenvalue weighted by molar-refractivity contribution is 5.06. The fraction of sp³-hybridized carbons (Fsp3) is 0.636. The van der Waals surface area contributed by atoms with Gasteiger partial charge in [0.05, 0.1) is 6.10 Å². The maximum Gasteiger partial charge on any atom is 0.102 e. The second-order valence-electron chi connectivity index (χ2n) is 3.80. The number of hydrogen-bond donors (Lipinski definition) is 0. The molecule has 1 nitrogen and oxygen atoms in total. The molecule has 66 valence electrons. The van der Waals surface area contributed by atoms with E-state index in [0.29, 0.717) is 18.1 Å². The molecule has 12 heavy (non-hydrogen) atoms. The van der Waals surface area contributed by atoms with Crippen LogP contribution in [0, 0.1) is 11.8 Å². The summed E-state index contributed by atoms with van der Waals surface area (Å²) in [6.07, 6.45) is 8.78. The van der Waals surface area contributed by atoms with E-state index in [-0.39, 0.29) is 0 Å². The van der Waals surface area contributed by atoms with Crippen LogP contribution in [0.25, 0.3) is 0 Å². The van der Waals surface area contributed by atoms with E-state index in [4.69, 9.17) is 4.74 Å². The summed E-state index contributed by atoms with van der Waals surface area (Å²) in [6.45, 7) is 7.62. The molecule has 2 fully saturated rings. The molecule has 2 aliphatic rings. The predicted octanol–water partition coefficient (Wildman–Crippen LogP) is 2.54. The van der Waals surface area contributed by atoms with Gasteiger partial charge in [-0.3, -0.25) is 0 Å². The minimum Gasteiger partial charge on any atom is -0.365 e. The smallest absolute Gasteiger partial charge is 0.102 e. The van der Waals surface area contributed by atoms with Gasteiger partial charge in [-0.25, -0.2) is 0 Å².